The number of benzene rings is 1. The van der Waals surface area contributed by atoms with Gasteiger partial charge in [-0.25, -0.2) is 18.1 Å². The average Bonchev–Trinajstić information content (AvgIpc) is 2.96. The van der Waals surface area contributed by atoms with Crippen LogP contribution in [0.3, 0.4) is 0 Å². The Kier molecular flexibility index (Phi) is 5.14. The molecule has 0 atom stereocenters. The van der Waals surface area contributed by atoms with E-state index in [0.717, 1.165) is 53.2 Å². The SMILES string of the molecule is Cc1nc(-c2ccccc2)sc1CNS(=O)(=O)C1CCCCC1. The Morgan fingerprint density at radius 3 is 2.57 bits per heavy atom. The Bertz CT molecular complexity index is 748. The number of sulfonamides is 1. The number of rotatable bonds is 5. The van der Waals surface area contributed by atoms with Crippen molar-refractivity contribution in [3.8, 4) is 10.6 Å². The molecular formula is C17H22N2O2S2. The molecule has 0 saturated heterocycles. The van der Waals surface area contributed by atoms with E-state index in [0.29, 0.717) is 6.54 Å². The fourth-order valence-electron chi connectivity index (χ4n) is 2.96. The van der Waals surface area contributed by atoms with Crippen molar-refractivity contribution in [2.45, 2.75) is 50.8 Å². The van der Waals surface area contributed by atoms with E-state index in [2.05, 4.69) is 9.71 Å². The van der Waals surface area contributed by atoms with Crippen molar-refractivity contribution in [3.63, 3.8) is 0 Å². The van der Waals surface area contributed by atoms with E-state index in [1.165, 1.54) is 0 Å². The third-order valence-corrected chi connectivity index (χ3v) is 7.44. The van der Waals surface area contributed by atoms with Gasteiger partial charge in [0.2, 0.25) is 10.0 Å². The lowest BCUT2D eigenvalue weighted by molar-refractivity contribution is 0.477. The highest BCUT2D eigenvalue weighted by molar-refractivity contribution is 7.90. The molecule has 0 aliphatic heterocycles. The minimum Gasteiger partial charge on any atom is -0.241 e. The number of nitrogens with one attached hydrogen (secondary N) is 1. The number of hydrogen-bond acceptors (Lipinski definition) is 4. The lowest BCUT2D eigenvalue weighted by Crippen LogP contribution is -2.35. The van der Waals surface area contributed by atoms with Crippen LogP contribution in [0.5, 0.6) is 0 Å². The molecule has 2 aromatic rings. The Hall–Kier alpha value is -1.24. The minimum absolute atomic E-state index is 0.224. The highest BCUT2D eigenvalue weighted by atomic mass is 32.2. The number of thiazole rings is 1. The normalized spacial score (nSPS) is 16.6. The summed E-state index contributed by atoms with van der Waals surface area (Å²) >= 11 is 1.56. The van der Waals surface area contributed by atoms with Crippen LogP contribution in [0.1, 0.15) is 42.7 Å². The minimum atomic E-state index is -3.22. The highest BCUT2D eigenvalue weighted by Crippen LogP contribution is 2.28. The van der Waals surface area contributed by atoms with Gasteiger partial charge in [-0.2, -0.15) is 0 Å². The van der Waals surface area contributed by atoms with Crippen molar-refractivity contribution in [1.82, 2.24) is 9.71 Å². The summed E-state index contributed by atoms with van der Waals surface area (Å²) in [5, 5.41) is 0.716. The van der Waals surface area contributed by atoms with E-state index in [1.807, 2.05) is 37.3 Å². The van der Waals surface area contributed by atoms with Gasteiger partial charge in [0.15, 0.2) is 0 Å². The molecule has 1 aromatic carbocycles. The van der Waals surface area contributed by atoms with E-state index in [9.17, 15) is 8.42 Å². The molecule has 23 heavy (non-hydrogen) atoms. The van der Waals surface area contributed by atoms with Crippen LogP contribution in [0.25, 0.3) is 10.6 Å². The molecule has 3 rings (SSSR count). The maximum absolute atomic E-state index is 12.4. The zero-order valence-electron chi connectivity index (χ0n) is 13.3. The van der Waals surface area contributed by atoms with E-state index < -0.39 is 10.0 Å². The van der Waals surface area contributed by atoms with Gasteiger partial charge in [-0.3, -0.25) is 0 Å². The highest BCUT2D eigenvalue weighted by Gasteiger charge is 2.27. The first-order chi connectivity index (χ1) is 11.1. The molecule has 0 amide bonds. The van der Waals surface area contributed by atoms with Gasteiger partial charge in [0.05, 0.1) is 10.9 Å². The third-order valence-electron chi connectivity index (χ3n) is 4.34. The van der Waals surface area contributed by atoms with Crippen molar-refractivity contribution in [1.29, 1.82) is 0 Å². The smallest absolute Gasteiger partial charge is 0.214 e. The molecule has 4 nitrogen and oxygen atoms in total. The Labute approximate surface area is 142 Å². The number of nitrogens with zero attached hydrogens (tertiary/aromatic N) is 1. The van der Waals surface area contributed by atoms with Crippen molar-refractivity contribution < 1.29 is 8.42 Å². The molecule has 6 heteroatoms. The predicted octanol–water partition coefficient (Wildman–Crippen LogP) is 3.87. The second-order valence-electron chi connectivity index (χ2n) is 6.02. The molecule has 1 N–H and O–H groups in total. The summed E-state index contributed by atoms with van der Waals surface area (Å²) in [6.45, 7) is 2.28. The van der Waals surface area contributed by atoms with Crippen LogP contribution in [-0.4, -0.2) is 18.7 Å². The molecule has 1 aliphatic rings. The van der Waals surface area contributed by atoms with Crippen LogP contribution in [0.15, 0.2) is 30.3 Å². The molecular weight excluding hydrogens is 328 g/mol. The first kappa shape index (κ1) is 16.6. The standard InChI is InChI=1S/C17H22N2O2S2/c1-13-16(22-17(19-13)14-8-4-2-5-9-14)12-18-23(20,21)15-10-6-3-7-11-15/h2,4-5,8-9,15,18H,3,6-7,10-12H2,1H3. The summed E-state index contributed by atoms with van der Waals surface area (Å²) in [5.74, 6) is 0. The third kappa shape index (κ3) is 4.00. The maximum Gasteiger partial charge on any atom is 0.214 e. The predicted molar refractivity (Wildman–Crippen MR) is 94.9 cm³/mol. The van der Waals surface area contributed by atoms with E-state index in [1.54, 1.807) is 11.3 Å². The number of aromatic nitrogens is 1. The largest absolute Gasteiger partial charge is 0.241 e. The van der Waals surface area contributed by atoms with Gasteiger partial charge in [0.1, 0.15) is 5.01 Å². The summed E-state index contributed by atoms with van der Waals surface area (Å²) in [6.07, 6.45) is 4.76. The van der Waals surface area contributed by atoms with Gasteiger partial charge < -0.3 is 0 Å². The van der Waals surface area contributed by atoms with Gasteiger partial charge in [-0.1, -0.05) is 49.6 Å². The Morgan fingerprint density at radius 2 is 1.87 bits per heavy atom. The van der Waals surface area contributed by atoms with E-state index in [-0.39, 0.29) is 5.25 Å². The lowest BCUT2D eigenvalue weighted by Gasteiger charge is -2.21. The van der Waals surface area contributed by atoms with Crippen LogP contribution >= 0.6 is 11.3 Å². The molecule has 0 spiro atoms. The Balaban J connectivity index is 1.70. The van der Waals surface area contributed by atoms with Crippen molar-refractivity contribution in [2.24, 2.45) is 0 Å². The molecule has 1 fully saturated rings. The summed E-state index contributed by atoms with van der Waals surface area (Å²) < 4.78 is 27.6. The van der Waals surface area contributed by atoms with Crippen LogP contribution in [0, 0.1) is 6.92 Å². The van der Waals surface area contributed by atoms with E-state index in [4.69, 9.17) is 0 Å². The summed E-state index contributed by atoms with van der Waals surface area (Å²) in [6, 6.07) is 9.99. The monoisotopic (exact) mass is 350 g/mol. The molecule has 0 radical (unpaired) electrons. The van der Waals surface area contributed by atoms with Gasteiger partial charge in [0.25, 0.3) is 0 Å². The molecule has 1 aliphatic carbocycles. The van der Waals surface area contributed by atoms with Gasteiger partial charge in [-0.05, 0) is 19.8 Å². The molecule has 1 aromatic heterocycles. The zero-order chi connectivity index (χ0) is 16.3. The molecule has 1 saturated carbocycles. The van der Waals surface area contributed by atoms with Crippen LogP contribution < -0.4 is 4.72 Å². The second kappa shape index (κ2) is 7.11. The average molecular weight is 351 g/mol. The topological polar surface area (TPSA) is 59.1 Å². The van der Waals surface area contributed by atoms with Crippen LogP contribution in [-0.2, 0) is 16.6 Å². The quantitative estimate of drug-likeness (QED) is 0.890. The summed E-state index contributed by atoms with van der Waals surface area (Å²) in [7, 11) is -3.22. The second-order valence-corrected chi connectivity index (χ2v) is 9.15. The van der Waals surface area contributed by atoms with Crippen LogP contribution in [0.4, 0.5) is 0 Å². The molecule has 1 heterocycles. The van der Waals surface area contributed by atoms with Gasteiger partial charge >= 0.3 is 0 Å². The van der Waals surface area contributed by atoms with Gasteiger partial charge in [-0.15, -0.1) is 11.3 Å². The molecule has 124 valence electrons. The Morgan fingerprint density at radius 1 is 1.17 bits per heavy atom. The molecule has 0 unspecified atom stereocenters. The first-order valence-corrected chi connectivity index (χ1v) is 10.4. The van der Waals surface area contributed by atoms with Crippen molar-refractivity contribution in [2.75, 3.05) is 0 Å². The zero-order valence-corrected chi connectivity index (χ0v) is 14.9. The summed E-state index contributed by atoms with van der Waals surface area (Å²) in [5.41, 5.74) is 1.97. The maximum atomic E-state index is 12.4. The number of aryl methyl sites for hydroxylation is 1. The van der Waals surface area contributed by atoms with Gasteiger partial charge in [0, 0.05) is 17.0 Å². The van der Waals surface area contributed by atoms with Crippen LogP contribution in [0.2, 0.25) is 0 Å². The first-order valence-electron chi connectivity index (χ1n) is 8.06. The number of hydrogen-bond donors (Lipinski definition) is 1. The summed E-state index contributed by atoms with van der Waals surface area (Å²) in [4.78, 5) is 5.57. The fourth-order valence-corrected chi connectivity index (χ4v) is 5.59. The van der Waals surface area contributed by atoms with E-state index >= 15 is 0 Å². The van der Waals surface area contributed by atoms with Crippen molar-refractivity contribution >= 4 is 21.4 Å². The lowest BCUT2D eigenvalue weighted by atomic mass is 10.0. The molecule has 0 bridgehead atoms. The fraction of sp³-hybridized carbons (Fsp3) is 0.471. The van der Waals surface area contributed by atoms with Crippen molar-refractivity contribution in [3.05, 3.63) is 40.9 Å².